The molecule has 1 atom stereocenters. The summed E-state index contributed by atoms with van der Waals surface area (Å²) in [5, 5.41) is 7.17. The lowest BCUT2D eigenvalue weighted by Crippen LogP contribution is -2.29. The van der Waals surface area contributed by atoms with Gasteiger partial charge in [0.15, 0.2) is 0 Å². The maximum atomic E-state index is 12.3. The van der Waals surface area contributed by atoms with Crippen LogP contribution in [0.3, 0.4) is 0 Å². The molecule has 3 rings (SSSR count). The number of aryl methyl sites for hydroxylation is 2. The van der Waals surface area contributed by atoms with Crippen LogP contribution in [0, 0.1) is 0 Å². The zero-order valence-electron chi connectivity index (χ0n) is 13.0. The lowest BCUT2D eigenvalue weighted by atomic mass is 10.0. The smallest absolute Gasteiger partial charge is 0.221 e. The topological polar surface area (TPSA) is 60.1 Å². The van der Waals surface area contributed by atoms with Gasteiger partial charge in [-0.3, -0.25) is 9.48 Å². The number of nitrogens with one attached hydrogen (secondary N) is 1. The van der Waals surface area contributed by atoms with Crippen molar-refractivity contribution in [3.8, 4) is 0 Å². The number of furan rings is 1. The normalized spacial score (nSPS) is 12.0. The van der Waals surface area contributed by atoms with Crippen LogP contribution < -0.4 is 5.32 Å². The molecule has 0 fully saturated rings. The second-order valence-corrected chi connectivity index (χ2v) is 5.45. The quantitative estimate of drug-likeness (QED) is 0.761. The summed E-state index contributed by atoms with van der Waals surface area (Å²) in [6.07, 6.45) is 6.41. The molecule has 5 heteroatoms. The van der Waals surface area contributed by atoms with Crippen molar-refractivity contribution in [3.05, 3.63) is 78.0 Å². The van der Waals surface area contributed by atoms with Crippen molar-refractivity contribution in [2.45, 2.75) is 18.9 Å². The van der Waals surface area contributed by atoms with Crippen molar-refractivity contribution in [1.29, 1.82) is 0 Å². The summed E-state index contributed by atoms with van der Waals surface area (Å²) in [7, 11) is 1.87. The Balaban J connectivity index is 1.67. The molecule has 0 unspecified atom stereocenters. The summed E-state index contributed by atoms with van der Waals surface area (Å²) in [6.45, 7) is 0. The van der Waals surface area contributed by atoms with Crippen LogP contribution in [0.25, 0.3) is 0 Å². The van der Waals surface area contributed by atoms with Crippen LogP contribution in [0.1, 0.15) is 29.3 Å². The lowest BCUT2D eigenvalue weighted by molar-refractivity contribution is -0.121. The Morgan fingerprint density at radius 1 is 1.26 bits per heavy atom. The number of aromatic nitrogens is 2. The van der Waals surface area contributed by atoms with Gasteiger partial charge in [-0.2, -0.15) is 5.10 Å². The van der Waals surface area contributed by atoms with E-state index >= 15 is 0 Å². The number of rotatable bonds is 6. The molecule has 0 aliphatic rings. The molecule has 0 saturated heterocycles. The lowest BCUT2D eigenvalue weighted by Gasteiger charge is -2.17. The average molecular weight is 309 g/mol. The van der Waals surface area contributed by atoms with Crippen LogP contribution >= 0.6 is 0 Å². The number of amides is 1. The number of hydrogen-bond donors (Lipinski definition) is 1. The maximum absolute atomic E-state index is 12.3. The number of benzene rings is 1. The summed E-state index contributed by atoms with van der Waals surface area (Å²) in [4.78, 5) is 12.3. The molecule has 2 heterocycles. The van der Waals surface area contributed by atoms with Crippen LogP contribution in [-0.4, -0.2) is 15.7 Å². The summed E-state index contributed by atoms with van der Waals surface area (Å²) in [5.74, 6) is 0.713. The third-order valence-corrected chi connectivity index (χ3v) is 3.67. The highest BCUT2D eigenvalue weighted by atomic mass is 16.3. The van der Waals surface area contributed by atoms with Crippen LogP contribution in [-0.2, 0) is 18.3 Å². The number of carbonyl (C=O) groups is 1. The minimum absolute atomic E-state index is 0.0147. The van der Waals surface area contributed by atoms with Gasteiger partial charge in [-0.15, -0.1) is 0 Å². The van der Waals surface area contributed by atoms with E-state index in [1.54, 1.807) is 17.1 Å². The minimum Gasteiger partial charge on any atom is -0.467 e. The average Bonchev–Trinajstić information content (AvgIpc) is 3.23. The third kappa shape index (κ3) is 3.88. The fraction of sp³-hybridized carbons (Fsp3) is 0.222. The zero-order valence-corrected chi connectivity index (χ0v) is 13.0. The molecular weight excluding hydrogens is 290 g/mol. The highest BCUT2D eigenvalue weighted by Crippen LogP contribution is 2.22. The summed E-state index contributed by atoms with van der Waals surface area (Å²) >= 11 is 0. The van der Waals surface area contributed by atoms with E-state index in [-0.39, 0.29) is 11.9 Å². The number of hydrogen-bond acceptors (Lipinski definition) is 3. The van der Waals surface area contributed by atoms with Crippen molar-refractivity contribution < 1.29 is 9.21 Å². The van der Waals surface area contributed by atoms with Gasteiger partial charge in [-0.05, 0) is 29.7 Å². The van der Waals surface area contributed by atoms with Crippen molar-refractivity contribution in [2.24, 2.45) is 7.05 Å². The summed E-state index contributed by atoms with van der Waals surface area (Å²) in [5.41, 5.74) is 2.05. The van der Waals surface area contributed by atoms with Gasteiger partial charge < -0.3 is 9.73 Å². The molecular formula is C18H19N3O2. The summed E-state index contributed by atoms with van der Waals surface area (Å²) < 4.78 is 7.23. The molecule has 1 amide bonds. The van der Waals surface area contributed by atoms with E-state index in [1.165, 1.54) is 0 Å². The molecule has 0 saturated carbocycles. The molecule has 0 aliphatic carbocycles. The van der Waals surface area contributed by atoms with Gasteiger partial charge in [-0.1, -0.05) is 30.3 Å². The van der Waals surface area contributed by atoms with E-state index in [4.69, 9.17) is 4.42 Å². The highest BCUT2D eigenvalue weighted by molar-refractivity contribution is 5.77. The second-order valence-electron chi connectivity index (χ2n) is 5.45. The largest absolute Gasteiger partial charge is 0.467 e. The number of carbonyl (C=O) groups excluding carboxylic acids is 1. The van der Waals surface area contributed by atoms with Crippen LogP contribution in [0.5, 0.6) is 0 Å². The SMILES string of the molecule is Cn1cc(CCC(=O)N[C@H](c2ccccc2)c2ccco2)cn1. The Hall–Kier alpha value is -2.82. The fourth-order valence-corrected chi connectivity index (χ4v) is 2.51. The van der Waals surface area contributed by atoms with Gasteiger partial charge in [0.2, 0.25) is 5.91 Å². The number of nitrogens with zero attached hydrogens (tertiary/aromatic N) is 2. The van der Waals surface area contributed by atoms with Gasteiger partial charge in [-0.25, -0.2) is 0 Å². The Morgan fingerprint density at radius 2 is 2.09 bits per heavy atom. The Kier molecular flexibility index (Phi) is 4.57. The maximum Gasteiger partial charge on any atom is 0.221 e. The van der Waals surface area contributed by atoms with E-state index in [0.717, 1.165) is 16.9 Å². The zero-order chi connectivity index (χ0) is 16.1. The Morgan fingerprint density at radius 3 is 2.74 bits per heavy atom. The Bertz CT molecular complexity index is 748. The van der Waals surface area contributed by atoms with Crippen LogP contribution in [0.15, 0.2) is 65.5 Å². The first-order chi connectivity index (χ1) is 11.2. The van der Waals surface area contributed by atoms with Gasteiger partial charge in [0, 0.05) is 19.7 Å². The molecule has 1 N–H and O–H groups in total. The molecule has 5 nitrogen and oxygen atoms in total. The van der Waals surface area contributed by atoms with Crippen LogP contribution in [0.2, 0.25) is 0 Å². The van der Waals surface area contributed by atoms with E-state index in [0.29, 0.717) is 12.8 Å². The molecule has 0 bridgehead atoms. The summed E-state index contributed by atoms with van der Waals surface area (Å²) in [6, 6.07) is 13.2. The first-order valence-electron chi connectivity index (χ1n) is 7.57. The minimum atomic E-state index is -0.271. The van der Waals surface area contributed by atoms with Crippen molar-refractivity contribution in [3.63, 3.8) is 0 Å². The van der Waals surface area contributed by atoms with Crippen molar-refractivity contribution >= 4 is 5.91 Å². The first kappa shape index (κ1) is 15.1. The molecule has 2 aromatic heterocycles. The van der Waals surface area contributed by atoms with Gasteiger partial charge in [0.05, 0.1) is 12.5 Å². The van der Waals surface area contributed by atoms with Gasteiger partial charge >= 0.3 is 0 Å². The van der Waals surface area contributed by atoms with Crippen LogP contribution in [0.4, 0.5) is 0 Å². The fourth-order valence-electron chi connectivity index (χ4n) is 2.51. The highest BCUT2D eigenvalue weighted by Gasteiger charge is 2.19. The standard InChI is InChI=1S/C18H19N3O2/c1-21-13-14(12-19-21)9-10-17(22)20-18(16-8-5-11-23-16)15-6-3-2-4-7-15/h2-8,11-13,18H,9-10H2,1H3,(H,20,22)/t18-/m1/s1. The predicted octanol–water partition coefficient (Wildman–Crippen LogP) is 2.85. The molecule has 0 radical (unpaired) electrons. The third-order valence-electron chi connectivity index (χ3n) is 3.67. The van der Waals surface area contributed by atoms with Gasteiger partial charge in [0.1, 0.15) is 11.8 Å². The monoisotopic (exact) mass is 309 g/mol. The molecule has 0 spiro atoms. The first-order valence-corrected chi connectivity index (χ1v) is 7.57. The second kappa shape index (κ2) is 6.96. The molecule has 3 aromatic rings. The molecule has 118 valence electrons. The van der Waals surface area contributed by atoms with Gasteiger partial charge in [0.25, 0.3) is 0 Å². The van der Waals surface area contributed by atoms with E-state index < -0.39 is 0 Å². The van der Waals surface area contributed by atoms with E-state index in [2.05, 4.69) is 10.4 Å². The molecule has 23 heavy (non-hydrogen) atoms. The Labute approximate surface area is 134 Å². The molecule has 1 aromatic carbocycles. The van der Waals surface area contributed by atoms with E-state index in [1.807, 2.05) is 55.7 Å². The predicted molar refractivity (Wildman–Crippen MR) is 86.7 cm³/mol. The van der Waals surface area contributed by atoms with Crippen molar-refractivity contribution in [1.82, 2.24) is 15.1 Å². The molecule has 0 aliphatic heterocycles. The van der Waals surface area contributed by atoms with E-state index in [9.17, 15) is 4.79 Å². The van der Waals surface area contributed by atoms with Crippen molar-refractivity contribution in [2.75, 3.05) is 0 Å².